The number of rotatable bonds is 10. The van der Waals surface area contributed by atoms with Gasteiger partial charge in [-0.25, -0.2) is 4.79 Å². The lowest BCUT2D eigenvalue weighted by Gasteiger charge is -2.43. The number of thioether (sulfide) groups is 2. The van der Waals surface area contributed by atoms with E-state index in [9.17, 15) is 29.6 Å². The fourth-order valence-corrected chi connectivity index (χ4v) is 8.21. The van der Waals surface area contributed by atoms with E-state index < -0.39 is 22.9 Å². The zero-order valence-electron chi connectivity index (χ0n) is 21.1. The highest BCUT2D eigenvalue weighted by atomic mass is 32.2. The molecule has 10 nitrogen and oxygen atoms in total. The molecular weight excluding hydrogens is 542 g/mol. The number of ether oxygens (including phenoxy) is 1. The second-order valence-corrected chi connectivity index (χ2v) is 12.4. The Morgan fingerprint density at radius 3 is 2.59 bits per heavy atom. The van der Waals surface area contributed by atoms with E-state index in [-0.39, 0.29) is 40.3 Å². The van der Waals surface area contributed by atoms with Crippen LogP contribution in [-0.4, -0.2) is 73.9 Å². The number of benzene rings is 2. The maximum atomic E-state index is 13.2. The van der Waals surface area contributed by atoms with Crippen LogP contribution in [0.15, 0.2) is 64.5 Å². The van der Waals surface area contributed by atoms with Gasteiger partial charge in [-0.3, -0.25) is 29.5 Å². The molecule has 1 amide bonds. The molecule has 204 valence electrons. The first-order valence-electron chi connectivity index (χ1n) is 12.5. The number of esters is 1. The Balaban J connectivity index is 1.26. The number of β-lactam (4-membered cyclic amide) rings is 1. The van der Waals surface area contributed by atoms with Gasteiger partial charge in [0.05, 0.1) is 27.7 Å². The van der Waals surface area contributed by atoms with Crippen LogP contribution >= 0.6 is 23.5 Å². The number of hydrogen-bond acceptors (Lipinski definition) is 10. The average Bonchev–Trinajstić information content (AvgIpc) is 3.49. The summed E-state index contributed by atoms with van der Waals surface area (Å²) in [5, 5.41) is 20.7. The molecule has 0 unspecified atom stereocenters. The van der Waals surface area contributed by atoms with Crippen LogP contribution in [0.5, 0.6) is 0 Å². The summed E-state index contributed by atoms with van der Waals surface area (Å²) in [6, 6.07) is 14.9. The number of ketones is 1. The maximum Gasteiger partial charge on any atom is 0.357 e. The molecule has 2 aromatic carbocycles. The van der Waals surface area contributed by atoms with Crippen molar-refractivity contribution < 1.29 is 29.2 Å². The lowest BCUT2D eigenvalue weighted by atomic mass is 9.92. The Kier molecular flexibility index (Phi) is 8.08. The standard InChI is InChI=1S/C27H27N3O7S2/c1-16(31)22-24(33)29-23(26(34)37-15-17-7-9-19(10-8-17)30(35)36)27(39-25(22)29)38-20-11-12-28(13-20)14-21(32)18-5-3-2-4-6-18/h2-10,16,20,22,25,31H,11-15H2,1H3/t16-,20-,22+,25+/m0/s1. The minimum Gasteiger partial charge on any atom is -0.456 e. The van der Waals surface area contributed by atoms with Crippen LogP contribution in [-0.2, 0) is 20.9 Å². The molecule has 3 heterocycles. The molecule has 0 saturated carbocycles. The number of carbonyl (C=O) groups excluding carboxylic acids is 3. The van der Waals surface area contributed by atoms with Crippen molar-refractivity contribution in [3.8, 4) is 0 Å². The maximum absolute atomic E-state index is 13.2. The Hall–Kier alpha value is -3.19. The summed E-state index contributed by atoms with van der Waals surface area (Å²) < 4.78 is 6.19. The molecule has 3 aliphatic rings. The second-order valence-electron chi connectivity index (χ2n) is 9.67. The van der Waals surface area contributed by atoms with Crippen molar-refractivity contribution in [2.24, 2.45) is 5.92 Å². The topological polar surface area (TPSA) is 130 Å². The van der Waals surface area contributed by atoms with Crippen molar-refractivity contribution in [2.45, 2.75) is 36.7 Å². The van der Waals surface area contributed by atoms with Gasteiger partial charge in [-0.1, -0.05) is 42.1 Å². The number of nitro groups is 1. The Morgan fingerprint density at radius 2 is 1.92 bits per heavy atom. The van der Waals surface area contributed by atoms with Gasteiger partial charge in [0.2, 0.25) is 5.91 Å². The van der Waals surface area contributed by atoms with E-state index in [1.165, 1.54) is 52.7 Å². The highest BCUT2D eigenvalue weighted by Crippen LogP contribution is 2.55. The molecular formula is C27H27N3O7S2. The number of nitro benzene ring substituents is 1. The SMILES string of the molecule is C[C@H](O)[C@@H]1C(=O)N2C(C(=O)OCc3ccc([N+](=O)[O-])cc3)=C(S[C@H]3CCN(CC(=O)c4ccccc4)C3)S[C@H]12. The van der Waals surface area contributed by atoms with E-state index in [0.29, 0.717) is 28.5 Å². The third-order valence-corrected chi connectivity index (χ3v) is 9.80. The molecule has 0 bridgehead atoms. The molecule has 1 N–H and O–H groups in total. The fraction of sp³-hybridized carbons (Fsp3) is 0.370. The summed E-state index contributed by atoms with van der Waals surface area (Å²) in [5.74, 6) is -1.52. The number of aliphatic hydroxyl groups is 1. The number of non-ortho nitro benzene ring substituents is 1. The van der Waals surface area contributed by atoms with Gasteiger partial charge in [0, 0.05) is 29.5 Å². The summed E-state index contributed by atoms with van der Waals surface area (Å²) in [5.41, 5.74) is 1.37. The molecule has 2 fully saturated rings. The van der Waals surface area contributed by atoms with Crippen molar-refractivity contribution in [1.82, 2.24) is 9.80 Å². The van der Waals surface area contributed by atoms with Crippen LogP contribution in [0.4, 0.5) is 5.69 Å². The van der Waals surface area contributed by atoms with Crippen molar-refractivity contribution >= 4 is 46.9 Å². The van der Waals surface area contributed by atoms with Crippen LogP contribution in [0.25, 0.3) is 0 Å². The Labute approximate surface area is 233 Å². The first-order chi connectivity index (χ1) is 18.7. The van der Waals surface area contributed by atoms with Crippen LogP contribution in [0.3, 0.4) is 0 Å². The van der Waals surface area contributed by atoms with Crippen LogP contribution in [0.2, 0.25) is 0 Å². The average molecular weight is 570 g/mol. The predicted molar refractivity (Wildman–Crippen MR) is 147 cm³/mol. The molecule has 5 rings (SSSR count). The number of amides is 1. The number of carbonyl (C=O) groups is 3. The van der Waals surface area contributed by atoms with Gasteiger partial charge in [0.15, 0.2) is 11.5 Å². The predicted octanol–water partition coefficient (Wildman–Crippen LogP) is 3.41. The molecule has 2 aromatic rings. The van der Waals surface area contributed by atoms with Gasteiger partial charge in [0.1, 0.15) is 12.0 Å². The molecule has 0 aromatic heterocycles. The number of likely N-dealkylation sites (tertiary alicyclic amines) is 1. The third-order valence-electron chi connectivity index (χ3n) is 6.94. The largest absolute Gasteiger partial charge is 0.456 e. The van der Waals surface area contributed by atoms with E-state index >= 15 is 0 Å². The van der Waals surface area contributed by atoms with Crippen LogP contribution < -0.4 is 0 Å². The van der Waals surface area contributed by atoms with Gasteiger partial charge in [-0.05, 0) is 37.6 Å². The Morgan fingerprint density at radius 1 is 1.21 bits per heavy atom. The summed E-state index contributed by atoms with van der Waals surface area (Å²) in [7, 11) is 0. The molecule has 39 heavy (non-hydrogen) atoms. The minimum atomic E-state index is -0.848. The lowest BCUT2D eigenvalue weighted by Crippen LogP contribution is -2.60. The first kappa shape index (κ1) is 27.4. The van der Waals surface area contributed by atoms with E-state index in [1.54, 1.807) is 19.1 Å². The van der Waals surface area contributed by atoms with E-state index in [2.05, 4.69) is 4.90 Å². The molecule has 0 radical (unpaired) electrons. The number of hydrogen-bond donors (Lipinski definition) is 1. The molecule has 2 saturated heterocycles. The molecule has 3 aliphatic heterocycles. The number of aliphatic hydroxyl groups excluding tert-OH is 1. The van der Waals surface area contributed by atoms with Gasteiger partial charge in [-0.2, -0.15) is 0 Å². The molecule has 0 aliphatic carbocycles. The molecule has 12 heteroatoms. The smallest absolute Gasteiger partial charge is 0.357 e. The van der Waals surface area contributed by atoms with Gasteiger partial charge in [0.25, 0.3) is 5.69 Å². The van der Waals surface area contributed by atoms with Gasteiger partial charge in [-0.15, -0.1) is 11.8 Å². The summed E-state index contributed by atoms with van der Waals surface area (Å²) >= 11 is 2.90. The van der Waals surface area contributed by atoms with E-state index in [0.717, 1.165) is 13.0 Å². The van der Waals surface area contributed by atoms with Crippen LogP contribution in [0.1, 0.15) is 29.3 Å². The van der Waals surface area contributed by atoms with Crippen molar-refractivity contribution in [2.75, 3.05) is 19.6 Å². The quantitative estimate of drug-likeness (QED) is 0.149. The zero-order valence-corrected chi connectivity index (χ0v) is 22.7. The van der Waals surface area contributed by atoms with Crippen LogP contribution in [0, 0.1) is 16.0 Å². The first-order valence-corrected chi connectivity index (χ1v) is 14.3. The monoisotopic (exact) mass is 569 g/mol. The van der Waals surface area contributed by atoms with Gasteiger partial charge >= 0.3 is 5.97 Å². The number of Topliss-reactive ketones (excluding diaryl/α,β-unsaturated/α-hetero) is 1. The third kappa shape index (κ3) is 5.74. The van der Waals surface area contributed by atoms with E-state index in [1.807, 2.05) is 18.2 Å². The Bertz CT molecular complexity index is 1320. The summed E-state index contributed by atoms with van der Waals surface area (Å²) in [6.07, 6.45) is -0.0284. The lowest BCUT2D eigenvalue weighted by molar-refractivity contribution is -0.384. The molecule has 0 spiro atoms. The number of nitrogens with zero attached hydrogens (tertiary/aromatic N) is 3. The second kappa shape index (κ2) is 11.5. The van der Waals surface area contributed by atoms with E-state index in [4.69, 9.17) is 4.74 Å². The summed E-state index contributed by atoms with van der Waals surface area (Å²) in [4.78, 5) is 52.6. The van der Waals surface area contributed by atoms with Crippen molar-refractivity contribution in [1.29, 1.82) is 0 Å². The van der Waals surface area contributed by atoms with Crippen molar-refractivity contribution in [3.63, 3.8) is 0 Å². The zero-order chi connectivity index (χ0) is 27.7. The normalized spacial score (nSPS) is 23.4. The van der Waals surface area contributed by atoms with Gasteiger partial charge < -0.3 is 9.84 Å². The van der Waals surface area contributed by atoms with Crippen molar-refractivity contribution in [3.05, 3.63) is 85.8 Å². The minimum absolute atomic E-state index is 0.0562. The fourth-order valence-electron chi connectivity index (χ4n) is 4.86. The number of fused-ring (bicyclic) bond motifs is 1. The highest BCUT2D eigenvalue weighted by molar-refractivity contribution is 8.23. The highest BCUT2D eigenvalue weighted by Gasteiger charge is 2.58. The molecule has 4 atom stereocenters. The summed E-state index contributed by atoms with van der Waals surface area (Å²) in [6.45, 7) is 3.19.